The molecule has 0 saturated heterocycles. The third kappa shape index (κ3) is 3.09. The summed E-state index contributed by atoms with van der Waals surface area (Å²) in [6.45, 7) is 4.04. The van der Waals surface area contributed by atoms with Crippen LogP contribution in [0.5, 0.6) is 0 Å². The van der Waals surface area contributed by atoms with E-state index in [2.05, 4.69) is 29.1 Å². The highest BCUT2D eigenvalue weighted by Crippen LogP contribution is 2.19. The third-order valence-electron chi connectivity index (χ3n) is 2.88. The van der Waals surface area contributed by atoms with E-state index in [4.69, 9.17) is 4.74 Å². The highest BCUT2D eigenvalue weighted by atomic mass is 32.1. The zero-order valence-electron chi connectivity index (χ0n) is 9.74. The van der Waals surface area contributed by atoms with Gasteiger partial charge in [-0.1, -0.05) is 6.92 Å². The van der Waals surface area contributed by atoms with Gasteiger partial charge in [0.05, 0.1) is 12.9 Å². The van der Waals surface area contributed by atoms with Crippen molar-refractivity contribution < 1.29 is 4.74 Å². The molecule has 1 aromatic heterocycles. The lowest BCUT2D eigenvalue weighted by atomic mass is 9.97. The molecule has 2 nitrogen and oxygen atoms in total. The van der Waals surface area contributed by atoms with Crippen LogP contribution in [0, 0.1) is 0 Å². The fraction of sp³-hybridized carbons (Fsp3) is 0.538. The summed E-state index contributed by atoms with van der Waals surface area (Å²) in [4.78, 5) is 0. The summed E-state index contributed by atoms with van der Waals surface area (Å²) < 4.78 is 5.43. The summed E-state index contributed by atoms with van der Waals surface area (Å²) in [5, 5.41) is 7.92. The van der Waals surface area contributed by atoms with Crippen LogP contribution in [0.2, 0.25) is 0 Å². The Morgan fingerprint density at radius 1 is 1.56 bits per heavy atom. The number of rotatable bonds is 5. The maximum absolute atomic E-state index is 5.43. The molecule has 88 valence electrons. The topological polar surface area (TPSA) is 21.3 Å². The van der Waals surface area contributed by atoms with Crippen molar-refractivity contribution in [3.05, 3.63) is 34.2 Å². The van der Waals surface area contributed by atoms with Crippen LogP contribution in [0.25, 0.3) is 0 Å². The molecule has 1 aliphatic rings. The van der Waals surface area contributed by atoms with Gasteiger partial charge in [0.2, 0.25) is 0 Å². The van der Waals surface area contributed by atoms with Crippen molar-refractivity contribution in [1.82, 2.24) is 5.32 Å². The quantitative estimate of drug-likeness (QED) is 0.850. The van der Waals surface area contributed by atoms with Gasteiger partial charge in [-0.25, -0.2) is 0 Å². The van der Waals surface area contributed by atoms with Crippen LogP contribution in [0.1, 0.15) is 25.3 Å². The van der Waals surface area contributed by atoms with Crippen molar-refractivity contribution in [3.63, 3.8) is 0 Å². The summed E-state index contributed by atoms with van der Waals surface area (Å²) in [5.41, 5.74) is 2.83. The highest BCUT2D eigenvalue weighted by molar-refractivity contribution is 7.07. The Morgan fingerprint density at radius 3 is 3.12 bits per heavy atom. The molecule has 0 saturated carbocycles. The molecule has 3 heteroatoms. The molecule has 2 rings (SSSR count). The highest BCUT2D eigenvalue weighted by Gasteiger charge is 2.16. The first-order valence-corrected chi connectivity index (χ1v) is 6.89. The van der Waals surface area contributed by atoms with Crippen LogP contribution in [0.3, 0.4) is 0 Å². The lowest BCUT2D eigenvalue weighted by molar-refractivity contribution is 0.219. The maximum Gasteiger partial charge on any atom is 0.0876 e. The van der Waals surface area contributed by atoms with Crippen LogP contribution >= 0.6 is 11.3 Å². The Bertz CT molecular complexity index is 332. The average Bonchev–Trinajstić information content (AvgIpc) is 2.83. The Hall–Kier alpha value is -0.800. The second kappa shape index (κ2) is 6.06. The number of thiophene rings is 1. The van der Waals surface area contributed by atoms with E-state index in [1.807, 2.05) is 6.26 Å². The Morgan fingerprint density at radius 2 is 2.50 bits per heavy atom. The van der Waals surface area contributed by atoms with E-state index in [0.29, 0.717) is 6.04 Å². The molecule has 1 aliphatic heterocycles. The van der Waals surface area contributed by atoms with Gasteiger partial charge < -0.3 is 10.1 Å². The second-order valence-electron chi connectivity index (χ2n) is 4.11. The summed E-state index contributed by atoms with van der Waals surface area (Å²) >= 11 is 1.77. The molecule has 1 N–H and O–H groups in total. The Kier molecular flexibility index (Phi) is 4.43. The van der Waals surface area contributed by atoms with Gasteiger partial charge in [0.15, 0.2) is 0 Å². The van der Waals surface area contributed by atoms with Gasteiger partial charge in [0, 0.05) is 6.04 Å². The standard InChI is InChI=1S/C13H19NOS/c1-2-14-13(8-11-5-7-16-10-11)12-4-3-6-15-9-12/h5,7,9-10,13-14H,2-4,6,8H2,1H3. The molecular formula is C13H19NOS. The second-order valence-corrected chi connectivity index (χ2v) is 4.89. The first-order chi connectivity index (χ1) is 7.90. The SMILES string of the molecule is CCNC(Cc1ccsc1)C1=COCCC1. The van der Waals surface area contributed by atoms with Gasteiger partial charge in [0.1, 0.15) is 0 Å². The van der Waals surface area contributed by atoms with Gasteiger partial charge in [-0.05, 0) is 53.8 Å². The van der Waals surface area contributed by atoms with Gasteiger partial charge >= 0.3 is 0 Å². The van der Waals surface area contributed by atoms with Gasteiger partial charge in [-0.3, -0.25) is 0 Å². The first-order valence-electron chi connectivity index (χ1n) is 5.95. The zero-order chi connectivity index (χ0) is 11.2. The minimum absolute atomic E-state index is 0.444. The summed E-state index contributed by atoms with van der Waals surface area (Å²) in [7, 11) is 0. The third-order valence-corrected chi connectivity index (χ3v) is 3.61. The van der Waals surface area contributed by atoms with Crippen molar-refractivity contribution >= 4 is 11.3 Å². The molecule has 0 bridgehead atoms. The molecule has 1 aromatic rings. The fourth-order valence-electron chi connectivity index (χ4n) is 2.07. The number of ether oxygens (including phenoxy) is 1. The summed E-state index contributed by atoms with van der Waals surface area (Å²) in [6.07, 6.45) is 5.36. The smallest absolute Gasteiger partial charge is 0.0876 e. The molecule has 16 heavy (non-hydrogen) atoms. The molecule has 1 atom stereocenters. The van der Waals surface area contributed by atoms with E-state index in [-0.39, 0.29) is 0 Å². The van der Waals surface area contributed by atoms with Crippen LogP contribution < -0.4 is 5.32 Å². The largest absolute Gasteiger partial charge is 0.501 e. The molecule has 0 amide bonds. The van der Waals surface area contributed by atoms with Gasteiger partial charge in [0.25, 0.3) is 0 Å². The van der Waals surface area contributed by atoms with E-state index >= 15 is 0 Å². The number of nitrogens with one attached hydrogen (secondary N) is 1. The van der Waals surface area contributed by atoms with E-state index in [1.165, 1.54) is 17.6 Å². The predicted molar refractivity (Wildman–Crippen MR) is 68.8 cm³/mol. The van der Waals surface area contributed by atoms with Gasteiger partial charge in [-0.15, -0.1) is 0 Å². The van der Waals surface area contributed by atoms with Crippen LogP contribution in [-0.2, 0) is 11.2 Å². The van der Waals surface area contributed by atoms with Crippen molar-refractivity contribution in [2.75, 3.05) is 13.2 Å². The van der Waals surface area contributed by atoms with E-state index in [0.717, 1.165) is 26.0 Å². The molecule has 0 spiro atoms. The number of hydrogen-bond donors (Lipinski definition) is 1. The van der Waals surface area contributed by atoms with Gasteiger partial charge in [-0.2, -0.15) is 11.3 Å². The average molecular weight is 237 g/mol. The molecule has 1 unspecified atom stereocenters. The minimum atomic E-state index is 0.444. The maximum atomic E-state index is 5.43. The number of likely N-dealkylation sites (N-methyl/N-ethyl adjacent to an activating group) is 1. The summed E-state index contributed by atoms with van der Waals surface area (Å²) in [5.74, 6) is 0. The van der Waals surface area contributed by atoms with Crippen molar-refractivity contribution in [3.8, 4) is 0 Å². The van der Waals surface area contributed by atoms with E-state index in [1.54, 1.807) is 11.3 Å². The molecular weight excluding hydrogens is 218 g/mol. The normalized spacial score (nSPS) is 17.7. The van der Waals surface area contributed by atoms with Crippen LogP contribution in [0.15, 0.2) is 28.7 Å². The zero-order valence-corrected chi connectivity index (χ0v) is 10.6. The molecule has 0 fully saturated rings. The van der Waals surface area contributed by atoms with Crippen molar-refractivity contribution in [2.24, 2.45) is 0 Å². The summed E-state index contributed by atoms with van der Waals surface area (Å²) in [6, 6.07) is 2.65. The predicted octanol–water partition coefficient (Wildman–Crippen LogP) is 2.96. The fourth-order valence-corrected chi connectivity index (χ4v) is 2.75. The lowest BCUT2D eigenvalue weighted by Crippen LogP contribution is -2.33. The van der Waals surface area contributed by atoms with Crippen LogP contribution in [-0.4, -0.2) is 19.2 Å². The Labute approximate surface area is 101 Å². The number of hydrogen-bond acceptors (Lipinski definition) is 3. The molecule has 0 aliphatic carbocycles. The van der Waals surface area contributed by atoms with E-state index in [9.17, 15) is 0 Å². The first kappa shape index (κ1) is 11.7. The lowest BCUT2D eigenvalue weighted by Gasteiger charge is -2.23. The molecule has 0 aromatic carbocycles. The van der Waals surface area contributed by atoms with Crippen molar-refractivity contribution in [1.29, 1.82) is 0 Å². The monoisotopic (exact) mass is 237 g/mol. The molecule has 0 radical (unpaired) electrons. The van der Waals surface area contributed by atoms with Crippen molar-refractivity contribution in [2.45, 2.75) is 32.2 Å². The van der Waals surface area contributed by atoms with Crippen LogP contribution in [0.4, 0.5) is 0 Å². The molecule has 2 heterocycles. The minimum Gasteiger partial charge on any atom is -0.501 e. The Balaban J connectivity index is 2.01. The van der Waals surface area contributed by atoms with E-state index < -0.39 is 0 Å².